The summed E-state index contributed by atoms with van der Waals surface area (Å²) in [5.74, 6) is 2.57. The number of aromatic nitrogens is 15. The summed E-state index contributed by atoms with van der Waals surface area (Å²) in [6, 6.07) is 39.0. The van der Waals surface area contributed by atoms with E-state index in [0.29, 0.717) is 136 Å². The van der Waals surface area contributed by atoms with Crippen LogP contribution in [0.5, 0.6) is 29.4 Å². The first-order chi connectivity index (χ1) is 61.8. The van der Waals surface area contributed by atoms with Gasteiger partial charge in [-0.3, -0.25) is 43.4 Å². The fourth-order valence-electron chi connectivity index (χ4n) is 14.6. The third-order valence-electron chi connectivity index (χ3n) is 20.5. The van der Waals surface area contributed by atoms with Crippen molar-refractivity contribution in [2.75, 3.05) is 42.6 Å². The number of aromatic amines is 1. The molecule has 5 aliphatic heterocycles. The van der Waals surface area contributed by atoms with Crippen LogP contribution in [-0.4, -0.2) is 172 Å². The van der Waals surface area contributed by atoms with Crippen molar-refractivity contribution in [3.63, 3.8) is 0 Å². The monoisotopic (exact) mass is 1780 g/mol. The maximum Gasteiger partial charge on any atom is 0.410 e. The minimum Gasteiger partial charge on any atom is -0.481 e. The number of alkyl halides is 1. The van der Waals surface area contributed by atoms with Gasteiger partial charge in [-0.25, -0.2) is 52.5 Å². The Morgan fingerprint density at radius 3 is 1.14 bits per heavy atom. The molecular formula is C94H106ClF3N20O11. The molecule has 18 rings (SSSR count). The summed E-state index contributed by atoms with van der Waals surface area (Å²) in [4.78, 5) is 64.3. The lowest BCUT2D eigenvalue weighted by atomic mass is 10.1. The molecule has 129 heavy (non-hydrogen) atoms. The number of fused-ring (bicyclic) bond motifs is 5. The van der Waals surface area contributed by atoms with E-state index in [9.17, 15) is 27.6 Å². The van der Waals surface area contributed by atoms with Crippen LogP contribution in [0.3, 0.4) is 0 Å². The lowest BCUT2D eigenvalue weighted by Crippen LogP contribution is -2.33. The Kier molecular flexibility index (Phi) is 29.8. The molecule has 5 aliphatic rings. The van der Waals surface area contributed by atoms with Gasteiger partial charge in [0, 0.05) is 144 Å². The first kappa shape index (κ1) is 92.9. The summed E-state index contributed by atoms with van der Waals surface area (Å²) in [5.41, 5.74) is 17.2. The number of carbonyl (C=O) groups excluding carboxylic acids is 3. The van der Waals surface area contributed by atoms with E-state index in [1.54, 1.807) is 141 Å². The average Bonchev–Trinajstić information content (AvgIpc) is 1.61. The zero-order chi connectivity index (χ0) is 91.8. The quantitative estimate of drug-likeness (QED) is 0.0632. The number of rotatable bonds is 17. The highest BCUT2D eigenvalue weighted by Gasteiger charge is 2.36. The summed E-state index contributed by atoms with van der Waals surface area (Å²) < 4.78 is 92.3. The molecule has 0 unspecified atom stereocenters. The lowest BCUT2D eigenvalue weighted by molar-refractivity contribution is 0.0229. The fourth-order valence-corrected chi connectivity index (χ4v) is 14.8. The highest BCUT2D eigenvalue weighted by atomic mass is 35.5. The van der Waals surface area contributed by atoms with Gasteiger partial charge in [0.25, 0.3) is 0 Å². The van der Waals surface area contributed by atoms with E-state index >= 15 is 0 Å². The van der Waals surface area contributed by atoms with Gasteiger partial charge in [-0.05, 0) is 134 Å². The molecule has 10 aromatic heterocycles. The fraction of sp³-hybridized carbons (Fsp3) is 0.351. The van der Waals surface area contributed by atoms with Crippen molar-refractivity contribution >= 4 is 29.9 Å². The van der Waals surface area contributed by atoms with E-state index in [0.717, 1.165) is 109 Å². The Hall–Kier alpha value is -13.7. The smallest absolute Gasteiger partial charge is 0.410 e. The van der Waals surface area contributed by atoms with E-state index in [-0.39, 0.29) is 29.6 Å². The Morgan fingerprint density at radius 2 is 0.752 bits per heavy atom. The van der Waals surface area contributed by atoms with Crippen LogP contribution in [0, 0.1) is 17.5 Å². The van der Waals surface area contributed by atoms with Gasteiger partial charge in [0.15, 0.2) is 0 Å². The number of halogens is 4. The number of carbonyl (C=O) groups is 3. The van der Waals surface area contributed by atoms with E-state index in [1.165, 1.54) is 18.2 Å². The first-order valence-corrected chi connectivity index (χ1v) is 42.3. The number of H-pyrrole nitrogens is 1. The molecule has 0 saturated heterocycles. The summed E-state index contributed by atoms with van der Waals surface area (Å²) in [6.07, 6.45) is 11.5. The van der Waals surface area contributed by atoms with E-state index in [2.05, 4.69) is 55.5 Å². The van der Waals surface area contributed by atoms with Crippen LogP contribution in [0.25, 0.3) is 33.8 Å². The largest absolute Gasteiger partial charge is 0.481 e. The van der Waals surface area contributed by atoms with Gasteiger partial charge in [0.2, 0.25) is 29.4 Å². The molecule has 0 saturated carbocycles. The lowest BCUT2D eigenvalue weighted by Gasteiger charge is -2.24. The number of amides is 3. The molecule has 0 spiro atoms. The van der Waals surface area contributed by atoms with Crippen LogP contribution < -0.4 is 29.0 Å². The van der Waals surface area contributed by atoms with Gasteiger partial charge in [-0.1, -0.05) is 66.7 Å². The van der Waals surface area contributed by atoms with Crippen molar-refractivity contribution in [1.82, 2.24) is 99.2 Å². The highest BCUT2D eigenvalue weighted by Crippen LogP contribution is 2.39. The van der Waals surface area contributed by atoms with Gasteiger partial charge in [-0.15, -0.1) is 11.6 Å². The van der Waals surface area contributed by atoms with Gasteiger partial charge < -0.3 is 43.2 Å². The number of nitrogens with one attached hydrogen (secondary N) is 2. The van der Waals surface area contributed by atoms with Crippen molar-refractivity contribution in [2.24, 2.45) is 0 Å². The molecule has 676 valence electrons. The third-order valence-corrected chi connectivity index (χ3v) is 20.9. The molecule has 2 N–H and O–H groups in total. The molecule has 3 aromatic carbocycles. The van der Waals surface area contributed by atoms with Crippen LogP contribution in [0.4, 0.5) is 27.6 Å². The number of hydrogen-bond acceptors (Lipinski definition) is 23. The Labute approximate surface area is 751 Å². The molecule has 15 heterocycles. The Balaban J connectivity index is 0.000000135. The summed E-state index contributed by atoms with van der Waals surface area (Å²) >= 11 is 5.54. The van der Waals surface area contributed by atoms with Gasteiger partial charge in [0.05, 0.1) is 153 Å². The molecule has 0 atom stereocenters. The second-order valence-corrected chi connectivity index (χ2v) is 34.1. The van der Waals surface area contributed by atoms with Crippen LogP contribution in [0.15, 0.2) is 177 Å². The van der Waals surface area contributed by atoms with E-state index in [1.807, 2.05) is 156 Å². The maximum absolute atomic E-state index is 14.7. The Morgan fingerprint density at radius 1 is 0.388 bits per heavy atom. The molecule has 31 nitrogen and oxygen atoms in total. The molecule has 0 fully saturated rings. The summed E-state index contributed by atoms with van der Waals surface area (Å²) in [6.45, 7) is 24.6. The number of ether oxygens (including phenoxy) is 8. The second-order valence-electron chi connectivity index (χ2n) is 33.9. The van der Waals surface area contributed by atoms with Crippen LogP contribution in [-0.2, 0) is 112 Å². The molecule has 0 aliphatic carbocycles. The topological polar surface area (TPSA) is 314 Å². The minimum atomic E-state index is -0.591. The van der Waals surface area contributed by atoms with Crippen LogP contribution in [0.2, 0.25) is 0 Å². The van der Waals surface area contributed by atoms with Crippen LogP contribution in [0.1, 0.15) is 146 Å². The van der Waals surface area contributed by atoms with Crippen molar-refractivity contribution in [3.8, 4) is 63.2 Å². The standard InChI is InChI=1S/C23H25FN4O3.C19H19FN4O.C18H17FN4O.C17H22N4O3.C10H15N3O2.C7H8ClNO/c1-23(2,3)31-22(29)27-13-17-19(14-27)26-28(12-15-9-10-20(30-4)25-11-15)21(17)16-7-5-6-8-18(16)24;1-23-11-15-17(12-23)22-24(10-13-7-8-18(25-2)21-9-13)19(15)14-5-3-4-6-16(14)20;1-24-17-7-6-12(8-21-17)11-23-18(13-4-2-3-5-15(13)19)14-9-20-10-16(14)22-23;1-17(2,3)24-16(22)20-9-13-10-21(19-14(13)11-20)8-12-5-6-15(23-4)18-7-12;1-10(2,3)15-9(14)13-5-7-4-11-12-8(7)6-13;1-10-7-3-2-6(4-8)5-9-7/h5-11H,12-14H2,1-4H3;3-9H,10-12H2,1-2H3;2-8,20H,9-11H2,1H3;5-7,10H,8-9,11H2,1-4H3;4H,5-6H2,1-3H3,(H,11,12);2-3,5H,4H2,1H3. The number of benzene rings is 3. The predicted molar refractivity (Wildman–Crippen MR) is 476 cm³/mol. The minimum absolute atomic E-state index is 0.228. The summed E-state index contributed by atoms with van der Waals surface area (Å²) in [5, 5.41) is 28.8. The average molecular weight is 1780 g/mol. The number of pyridine rings is 5. The third kappa shape index (κ3) is 24.1. The van der Waals surface area contributed by atoms with E-state index < -0.39 is 22.9 Å². The van der Waals surface area contributed by atoms with Crippen molar-refractivity contribution in [2.45, 2.75) is 177 Å². The molecule has 35 heteroatoms. The van der Waals surface area contributed by atoms with Crippen molar-refractivity contribution < 1.29 is 65.4 Å². The van der Waals surface area contributed by atoms with Crippen molar-refractivity contribution in [1.29, 1.82) is 0 Å². The van der Waals surface area contributed by atoms with Gasteiger partial charge in [-0.2, -0.15) is 25.5 Å². The maximum atomic E-state index is 14.7. The molecule has 3 amide bonds. The number of methoxy groups -OCH3 is 5. The highest BCUT2D eigenvalue weighted by molar-refractivity contribution is 6.17. The van der Waals surface area contributed by atoms with Crippen LogP contribution >= 0.6 is 11.6 Å². The zero-order valence-electron chi connectivity index (χ0n) is 74.9. The molecular weight excluding hydrogens is 1680 g/mol. The normalized spacial score (nSPS) is 13.4. The first-order valence-electron chi connectivity index (χ1n) is 41.7. The van der Waals surface area contributed by atoms with E-state index in [4.69, 9.17) is 59.7 Å². The number of nitrogens with zero attached hydrogens (tertiary/aromatic N) is 18. The SMILES string of the molecule is CC(C)(C)OC(=O)N1Cc2cn[nH]c2C1.COc1ccc(CCl)cn1.COc1ccc(Cn2cc3c(n2)CN(C(=O)OC(C)(C)C)C3)cn1.COc1ccc(Cn2nc3c(c2-c2ccccc2F)CN(C(=O)OC(C)(C)C)C3)cn1.COc1ccc(Cn2nc3c(c2-c2ccccc2F)CN(C)C3)cn1.COc1ccc(Cn2nc3c(c2-c2ccccc2F)CNC3)cn1. The summed E-state index contributed by atoms with van der Waals surface area (Å²) in [7, 11) is 9.96. The predicted octanol–water partition coefficient (Wildman–Crippen LogP) is 16.3. The van der Waals surface area contributed by atoms with Gasteiger partial charge >= 0.3 is 18.3 Å². The molecule has 0 bridgehead atoms. The van der Waals surface area contributed by atoms with Crippen molar-refractivity contribution in [3.05, 3.63) is 278 Å². The second kappa shape index (κ2) is 41.4. The van der Waals surface area contributed by atoms with Gasteiger partial charge in [0.1, 0.15) is 34.3 Å². The zero-order valence-corrected chi connectivity index (χ0v) is 75.7. The Bertz CT molecular complexity index is 5920. The molecule has 0 radical (unpaired) electrons. The molecule has 13 aromatic rings. The number of hydrogen-bond donors (Lipinski definition) is 2.